The van der Waals surface area contributed by atoms with Crippen LogP contribution >= 0.6 is 35.3 Å². The fourth-order valence-corrected chi connectivity index (χ4v) is 4.61. The second kappa shape index (κ2) is 10.3. The van der Waals surface area contributed by atoms with Crippen LogP contribution in [-0.4, -0.2) is 34.9 Å². The minimum absolute atomic E-state index is 0. The number of carbonyl (C=O) groups excluding carboxylic acids is 1. The summed E-state index contributed by atoms with van der Waals surface area (Å²) in [7, 11) is 0. The maximum Gasteiger partial charge on any atom is 0.289 e. The number of nitrogens with zero attached hydrogens (tertiary/aromatic N) is 3. The molecule has 174 valence electrons. The largest absolute Gasteiger partial charge is 0.463 e. The Bertz CT molecular complexity index is 1300. The first-order chi connectivity index (χ1) is 16.1. The van der Waals surface area contributed by atoms with Crippen LogP contribution in [0, 0.1) is 5.41 Å². The Balaban J connectivity index is 0.00000274. The third-order valence-electron chi connectivity index (χ3n) is 5.30. The zero-order valence-electron chi connectivity index (χ0n) is 17.9. The molecule has 5 rings (SSSR count). The molecule has 1 aliphatic heterocycles. The molecule has 7 nitrogen and oxygen atoms in total. The summed E-state index contributed by atoms with van der Waals surface area (Å²) >= 11 is 7.21. The molecule has 0 saturated carbocycles. The van der Waals surface area contributed by atoms with Gasteiger partial charge in [0.05, 0.1) is 27.1 Å². The molecule has 2 N–H and O–H groups in total. The van der Waals surface area contributed by atoms with E-state index in [1.54, 1.807) is 16.8 Å². The number of amides is 1. The SMILES string of the molecule is Cl.N=C1OCCN1c1ccc(-n2cc(CNC(=O)c3ccc(Cl)s3)c(-c3ccccc3)n2)cc1. The highest BCUT2D eigenvalue weighted by Crippen LogP contribution is 2.26. The van der Waals surface area contributed by atoms with Crippen molar-refractivity contribution in [2.45, 2.75) is 6.54 Å². The molecule has 1 amide bonds. The van der Waals surface area contributed by atoms with Crippen molar-refractivity contribution in [2.24, 2.45) is 0 Å². The summed E-state index contributed by atoms with van der Waals surface area (Å²) < 4.78 is 7.62. The first-order valence-electron chi connectivity index (χ1n) is 10.4. The Morgan fingerprint density at radius 3 is 2.47 bits per heavy atom. The summed E-state index contributed by atoms with van der Waals surface area (Å²) in [5.74, 6) is -0.168. The van der Waals surface area contributed by atoms with Crippen LogP contribution in [0.1, 0.15) is 15.2 Å². The predicted molar refractivity (Wildman–Crippen MR) is 138 cm³/mol. The van der Waals surface area contributed by atoms with E-state index >= 15 is 0 Å². The lowest BCUT2D eigenvalue weighted by Crippen LogP contribution is -2.23. The Hall–Kier alpha value is -3.33. The summed E-state index contributed by atoms with van der Waals surface area (Å²) in [4.78, 5) is 14.9. The number of anilines is 1. The molecule has 2 aromatic carbocycles. The average molecular weight is 514 g/mol. The van der Waals surface area contributed by atoms with Crippen molar-refractivity contribution in [2.75, 3.05) is 18.1 Å². The van der Waals surface area contributed by atoms with E-state index < -0.39 is 0 Å². The topological polar surface area (TPSA) is 83.2 Å². The van der Waals surface area contributed by atoms with Crippen molar-refractivity contribution in [3.05, 3.63) is 87.7 Å². The van der Waals surface area contributed by atoms with E-state index in [1.165, 1.54) is 11.3 Å². The number of thiophene rings is 1. The van der Waals surface area contributed by atoms with Gasteiger partial charge in [0, 0.05) is 29.6 Å². The van der Waals surface area contributed by atoms with E-state index in [1.807, 2.05) is 65.7 Å². The molecule has 0 atom stereocenters. The lowest BCUT2D eigenvalue weighted by atomic mass is 10.1. The molecule has 3 heterocycles. The standard InChI is InChI=1S/C24H20ClN5O2S.ClH/c25-21-11-10-20(33-21)23(31)27-14-17-15-30(28-22(17)16-4-2-1-3-5-16)19-8-6-18(7-9-19)29-12-13-32-24(29)26;/h1-11,15,26H,12-14H2,(H,27,31);1H. The molecular weight excluding hydrogens is 493 g/mol. The average Bonchev–Trinajstić information content (AvgIpc) is 3.58. The van der Waals surface area contributed by atoms with Gasteiger partial charge >= 0.3 is 0 Å². The maximum absolute atomic E-state index is 12.5. The highest BCUT2D eigenvalue weighted by atomic mass is 35.5. The van der Waals surface area contributed by atoms with Crippen LogP contribution in [0.15, 0.2) is 72.9 Å². The molecule has 0 bridgehead atoms. The van der Waals surface area contributed by atoms with Gasteiger partial charge in [0.25, 0.3) is 11.9 Å². The minimum atomic E-state index is -0.168. The van der Waals surface area contributed by atoms with E-state index in [0.29, 0.717) is 28.9 Å². The summed E-state index contributed by atoms with van der Waals surface area (Å²) in [5, 5.41) is 15.7. The fourth-order valence-electron chi connectivity index (χ4n) is 3.65. The molecule has 0 aliphatic carbocycles. The van der Waals surface area contributed by atoms with Gasteiger partial charge in [-0.05, 0) is 36.4 Å². The quantitative estimate of drug-likeness (QED) is 0.362. The fraction of sp³-hybridized carbons (Fsp3) is 0.125. The van der Waals surface area contributed by atoms with Crippen LogP contribution in [0.4, 0.5) is 5.69 Å². The van der Waals surface area contributed by atoms with Gasteiger partial charge in [0.15, 0.2) is 0 Å². The smallest absolute Gasteiger partial charge is 0.289 e. The summed E-state index contributed by atoms with van der Waals surface area (Å²) in [5.41, 5.74) is 4.46. The monoisotopic (exact) mass is 513 g/mol. The van der Waals surface area contributed by atoms with Crippen molar-refractivity contribution in [3.8, 4) is 16.9 Å². The van der Waals surface area contributed by atoms with Gasteiger partial charge in [-0.25, -0.2) is 4.68 Å². The molecule has 1 fully saturated rings. The highest BCUT2D eigenvalue weighted by molar-refractivity contribution is 7.18. The van der Waals surface area contributed by atoms with Gasteiger partial charge < -0.3 is 10.1 Å². The number of amidine groups is 1. The van der Waals surface area contributed by atoms with Crippen LogP contribution in [-0.2, 0) is 11.3 Å². The molecule has 34 heavy (non-hydrogen) atoms. The van der Waals surface area contributed by atoms with Gasteiger partial charge in [-0.2, -0.15) is 5.10 Å². The van der Waals surface area contributed by atoms with E-state index in [-0.39, 0.29) is 24.3 Å². The lowest BCUT2D eigenvalue weighted by Gasteiger charge is -2.15. The molecule has 0 spiro atoms. The van der Waals surface area contributed by atoms with Crippen LogP contribution in [0.2, 0.25) is 4.34 Å². The normalized spacial score (nSPS) is 12.9. The summed E-state index contributed by atoms with van der Waals surface area (Å²) in [6.45, 7) is 1.52. The number of nitrogens with one attached hydrogen (secondary N) is 2. The minimum Gasteiger partial charge on any atom is -0.463 e. The first kappa shape index (κ1) is 23.8. The number of carbonyl (C=O) groups is 1. The summed E-state index contributed by atoms with van der Waals surface area (Å²) in [6.07, 6.45) is 1.93. The van der Waals surface area contributed by atoms with Crippen molar-refractivity contribution in [1.29, 1.82) is 5.41 Å². The van der Waals surface area contributed by atoms with Gasteiger partial charge in [0.2, 0.25) is 0 Å². The number of hydrogen-bond acceptors (Lipinski definition) is 5. The zero-order chi connectivity index (χ0) is 22.8. The second-order valence-corrected chi connectivity index (χ2v) is 9.14. The number of aromatic nitrogens is 2. The second-order valence-electron chi connectivity index (χ2n) is 7.42. The van der Waals surface area contributed by atoms with Crippen molar-refractivity contribution in [1.82, 2.24) is 15.1 Å². The maximum atomic E-state index is 12.5. The van der Waals surface area contributed by atoms with Crippen LogP contribution < -0.4 is 10.2 Å². The molecular formula is C24H21Cl2N5O2S. The molecule has 0 unspecified atom stereocenters. The Labute approximate surface area is 211 Å². The number of halogens is 2. The number of benzene rings is 2. The van der Waals surface area contributed by atoms with Crippen LogP contribution in [0.25, 0.3) is 16.9 Å². The Morgan fingerprint density at radius 2 is 1.82 bits per heavy atom. The van der Waals surface area contributed by atoms with E-state index in [9.17, 15) is 4.79 Å². The zero-order valence-corrected chi connectivity index (χ0v) is 20.3. The van der Waals surface area contributed by atoms with Gasteiger partial charge in [0.1, 0.15) is 6.61 Å². The number of hydrogen-bond donors (Lipinski definition) is 2. The van der Waals surface area contributed by atoms with Gasteiger partial charge in [-0.1, -0.05) is 41.9 Å². The van der Waals surface area contributed by atoms with Crippen molar-refractivity contribution < 1.29 is 9.53 Å². The van der Waals surface area contributed by atoms with Crippen LogP contribution in [0.3, 0.4) is 0 Å². The molecule has 4 aromatic rings. The van der Waals surface area contributed by atoms with Crippen LogP contribution in [0.5, 0.6) is 0 Å². The van der Waals surface area contributed by atoms with Gasteiger partial charge in [-0.15, -0.1) is 23.7 Å². The Morgan fingerprint density at radius 1 is 1.09 bits per heavy atom. The van der Waals surface area contributed by atoms with E-state index in [2.05, 4.69) is 5.32 Å². The van der Waals surface area contributed by atoms with Gasteiger partial charge in [-0.3, -0.25) is 15.1 Å². The molecule has 1 saturated heterocycles. The lowest BCUT2D eigenvalue weighted by molar-refractivity contribution is 0.0955. The van der Waals surface area contributed by atoms with Crippen molar-refractivity contribution >= 4 is 53.0 Å². The third kappa shape index (κ3) is 4.94. The first-order valence-corrected chi connectivity index (χ1v) is 11.5. The van der Waals surface area contributed by atoms with E-state index in [4.69, 9.17) is 26.8 Å². The molecule has 1 aliphatic rings. The molecule has 2 aromatic heterocycles. The Kier molecular flexibility index (Phi) is 7.21. The number of ether oxygens (including phenoxy) is 1. The molecule has 0 radical (unpaired) electrons. The number of rotatable bonds is 6. The predicted octanol–water partition coefficient (Wildman–Crippen LogP) is 5.38. The summed E-state index contributed by atoms with van der Waals surface area (Å²) in [6, 6.07) is 21.3. The third-order valence-corrected chi connectivity index (χ3v) is 6.53. The van der Waals surface area contributed by atoms with E-state index in [0.717, 1.165) is 28.2 Å². The highest BCUT2D eigenvalue weighted by Gasteiger charge is 2.20. The van der Waals surface area contributed by atoms with Crippen molar-refractivity contribution in [3.63, 3.8) is 0 Å². The molecule has 10 heteroatoms.